The first-order chi connectivity index (χ1) is 13.2. The minimum Gasteiger partial charge on any atom is -0.444 e. The van der Waals surface area contributed by atoms with Crippen molar-refractivity contribution in [3.05, 3.63) is 0 Å². The molecular formula is C20H35F2N3O4. The number of halogens is 2. The molecule has 29 heavy (non-hydrogen) atoms. The van der Waals surface area contributed by atoms with Crippen molar-refractivity contribution in [1.29, 1.82) is 0 Å². The highest BCUT2D eigenvalue weighted by molar-refractivity contribution is 5.68. The van der Waals surface area contributed by atoms with E-state index in [-0.39, 0.29) is 25.1 Å². The Balaban J connectivity index is 1.83. The first kappa shape index (κ1) is 23.6. The molecule has 0 spiro atoms. The lowest BCUT2D eigenvalue weighted by Gasteiger charge is -2.42. The van der Waals surface area contributed by atoms with Gasteiger partial charge in [-0.3, -0.25) is 0 Å². The zero-order valence-electron chi connectivity index (χ0n) is 18.4. The summed E-state index contributed by atoms with van der Waals surface area (Å²) in [4.78, 5) is 26.9. The van der Waals surface area contributed by atoms with E-state index < -0.39 is 35.8 Å². The number of hydrogen-bond acceptors (Lipinski definition) is 5. The summed E-state index contributed by atoms with van der Waals surface area (Å²) in [5.41, 5.74) is -1.28. The minimum absolute atomic E-state index is 0.0994. The van der Waals surface area contributed by atoms with Crippen LogP contribution in [0.1, 0.15) is 60.8 Å². The van der Waals surface area contributed by atoms with E-state index in [1.807, 2.05) is 20.8 Å². The van der Waals surface area contributed by atoms with Gasteiger partial charge in [0, 0.05) is 25.7 Å². The Morgan fingerprint density at radius 2 is 1.31 bits per heavy atom. The Hall–Kier alpha value is -1.64. The molecule has 1 N–H and O–H groups in total. The van der Waals surface area contributed by atoms with Crippen LogP contribution < -0.4 is 5.32 Å². The topological polar surface area (TPSA) is 71.1 Å². The van der Waals surface area contributed by atoms with E-state index in [4.69, 9.17) is 9.47 Å². The van der Waals surface area contributed by atoms with E-state index >= 15 is 0 Å². The number of nitrogens with one attached hydrogen (secondary N) is 1. The highest BCUT2D eigenvalue weighted by Gasteiger charge is 2.47. The van der Waals surface area contributed by atoms with Crippen molar-refractivity contribution in [3.63, 3.8) is 0 Å². The van der Waals surface area contributed by atoms with E-state index in [0.29, 0.717) is 25.9 Å². The quantitative estimate of drug-likeness (QED) is 0.740. The van der Waals surface area contributed by atoms with Gasteiger partial charge in [-0.15, -0.1) is 0 Å². The van der Waals surface area contributed by atoms with Gasteiger partial charge in [0.15, 0.2) is 0 Å². The number of likely N-dealkylation sites (tertiary alicyclic amines) is 2. The van der Waals surface area contributed by atoms with Gasteiger partial charge in [0.1, 0.15) is 11.2 Å². The molecule has 0 radical (unpaired) electrons. The maximum Gasteiger partial charge on any atom is 0.410 e. The monoisotopic (exact) mass is 419 g/mol. The SMILES string of the molecule is CC(C)(C)OC(=O)N1CCC(NC2CCN(C(=O)OC(C)(C)C)CC2(F)F)CC1. The van der Waals surface area contributed by atoms with Crippen molar-refractivity contribution >= 4 is 12.2 Å². The van der Waals surface area contributed by atoms with Crippen LogP contribution in [0.5, 0.6) is 0 Å². The summed E-state index contributed by atoms with van der Waals surface area (Å²) in [7, 11) is 0. The van der Waals surface area contributed by atoms with Crippen LogP contribution in [0.4, 0.5) is 18.4 Å². The van der Waals surface area contributed by atoms with E-state index in [1.165, 1.54) is 0 Å². The zero-order valence-corrected chi connectivity index (χ0v) is 18.4. The lowest BCUT2D eigenvalue weighted by molar-refractivity contribution is -0.0949. The largest absolute Gasteiger partial charge is 0.444 e. The molecule has 7 nitrogen and oxygen atoms in total. The molecule has 2 amide bonds. The number of carbonyl (C=O) groups excluding carboxylic acids is 2. The normalized spacial score (nSPS) is 23.7. The van der Waals surface area contributed by atoms with E-state index in [1.54, 1.807) is 25.7 Å². The summed E-state index contributed by atoms with van der Waals surface area (Å²) < 4.78 is 39.9. The number of hydrogen-bond donors (Lipinski definition) is 1. The van der Waals surface area contributed by atoms with Gasteiger partial charge in [-0.1, -0.05) is 0 Å². The third-order valence-corrected chi connectivity index (χ3v) is 4.83. The summed E-state index contributed by atoms with van der Waals surface area (Å²) >= 11 is 0. The van der Waals surface area contributed by atoms with Crippen LogP contribution in [0, 0.1) is 0 Å². The van der Waals surface area contributed by atoms with Crippen molar-refractivity contribution in [2.75, 3.05) is 26.2 Å². The van der Waals surface area contributed by atoms with Gasteiger partial charge < -0.3 is 24.6 Å². The predicted octanol–water partition coefficient (Wildman–Crippen LogP) is 3.62. The first-order valence-electron chi connectivity index (χ1n) is 10.3. The van der Waals surface area contributed by atoms with E-state index in [0.717, 1.165) is 4.90 Å². The summed E-state index contributed by atoms with van der Waals surface area (Å²) in [5, 5.41) is 3.06. The Morgan fingerprint density at radius 1 is 0.862 bits per heavy atom. The van der Waals surface area contributed by atoms with Crippen LogP contribution in [0.15, 0.2) is 0 Å². The fourth-order valence-corrected chi connectivity index (χ4v) is 3.47. The number of amides is 2. The molecule has 2 aliphatic heterocycles. The van der Waals surface area contributed by atoms with E-state index in [2.05, 4.69) is 5.32 Å². The second-order valence-corrected chi connectivity index (χ2v) is 9.91. The van der Waals surface area contributed by atoms with Crippen molar-refractivity contribution in [3.8, 4) is 0 Å². The van der Waals surface area contributed by atoms with Gasteiger partial charge in [0.25, 0.3) is 5.92 Å². The average Bonchev–Trinajstić information content (AvgIpc) is 2.53. The van der Waals surface area contributed by atoms with Gasteiger partial charge in [-0.2, -0.15) is 0 Å². The molecule has 2 rings (SSSR count). The molecule has 9 heteroatoms. The van der Waals surface area contributed by atoms with Gasteiger partial charge >= 0.3 is 12.2 Å². The molecule has 0 bridgehead atoms. The van der Waals surface area contributed by atoms with E-state index in [9.17, 15) is 18.4 Å². The molecular weight excluding hydrogens is 384 g/mol. The van der Waals surface area contributed by atoms with Crippen molar-refractivity contribution < 1.29 is 27.8 Å². The summed E-state index contributed by atoms with van der Waals surface area (Å²) in [6, 6.07) is -1.10. The molecule has 0 aromatic carbocycles. The third kappa shape index (κ3) is 7.28. The molecule has 2 fully saturated rings. The molecule has 1 unspecified atom stereocenters. The molecule has 2 heterocycles. The molecule has 168 valence electrons. The van der Waals surface area contributed by atoms with Gasteiger partial charge in [0.05, 0.1) is 12.6 Å². The van der Waals surface area contributed by atoms with Gasteiger partial charge in [-0.25, -0.2) is 18.4 Å². The number of ether oxygens (including phenoxy) is 2. The second kappa shape index (κ2) is 8.62. The molecule has 0 aromatic heterocycles. The lowest BCUT2D eigenvalue weighted by atomic mass is 9.97. The van der Waals surface area contributed by atoms with Crippen LogP contribution in [0.3, 0.4) is 0 Å². The Kier molecular flexibility index (Phi) is 7.02. The third-order valence-electron chi connectivity index (χ3n) is 4.83. The Labute approximate surface area is 172 Å². The maximum atomic E-state index is 14.7. The van der Waals surface area contributed by atoms with Crippen LogP contribution in [0.25, 0.3) is 0 Å². The van der Waals surface area contributed by atoms with Crippen LogP contribution >= 0.6 is 0 Å². The van der Waals surface area contributed by atoms with Crippen LogP contribution in [0.2, 0.25) is 0 Å². The second-order valence-electron chi connectivity index (χ2n) is 9.91. The number of rotatable bonds is 2. The smallest absolute Gasteiger partial charge is 0.410 e. The van der Waals surface area contributed by atoms with Crippen molar-refractivity contribution in [2.45, 2.75) is 90.0 Å². The summed E-state index contributed by atoms with van der Waals surface area (Å²) in [6.45, 7) is 11.1. The molecule has 0 aliphatic carbocycles. The molecule has 2 saturated heterocycles. The fourth-order valence-electron chi connectivity index (χ4n) is 3.47. The fraction of sp³-hybridized carbons (Fsp3) is 0.900. The number of piperidine rings is 2. The summed E-state index contributed by atoms with van der Waals surface area (Å²) in [5.74, 6) is -3.04. The number of alkyl halides is 2. The van der Waals surface area contributed by atoms with Gasteiger partial charge in [-0.05, 0) is 60.8 Å². The Bertz CT molecular complexity index is 594. The highest BCUT2D eigenvalue weighted by Crippen LogP contribution is 2.30. The number of nitrogens with zero attached hydrogens (tertiary/aromatic N) is 2. The standard InChI is InChI=1S/C20H35F2N3O4/c1-18(2,3)28-16(26)24-10-7-14(8-11-24)23-15-9-12-25(13-20(15,21)22)17(27)29-19(4,5)6/h14-15,23H,7-13H2,1-6H3. The highest BCUT2D eigenvalue weighted by atomic mass is 19.3. The molecule has 0 saturated carbocycles. The maximum absolute atomic E-state index is 14.7. The molecule has 1 atom stereocenters. The van der Waals surface area contributed by atoms with Gasteiger partial charge in [0.2, 0.25) is 0 Å². The lowest BCUT2D eigenvalue weighted by Crippen LogP contribution is -2.61. The Morgan fingerprint density at radius 3 is 1.76 bits per heavy atom. The average molecular weight is 420 g/mol. The first-order valence-corrected chi connectivity index (χ1v) is 10.3. The number of carbonyl (C=O) groups is 2. The van der Waals surface area contributed by atoms with Crippen molar-refractivity contribution in [2.24, 2.45) is 0 Å². The van der Waals surface area contributed by atoms with Crippen LogP contribution in [-0.4, -0.2) is 77.4 Å². The molecule has 0 aromatic rings. The van der Waals surface area contributed by atoms with Crippen LogP contribution in [-0.2, 0) is 9.47 Å². The predicted molar refractivity (Wildman–Crippen MR) is 105 cm³/mol. The minimum atomic E-state index is -3.04. The van der Waals surface area contributed by atoms with Crippen molar-refractivity contribution in [1.82, 2.24) is 15.1 Å². The zero-order chi connectivity index (χ0) is 22.0. The molecule has 2 aliphatic rings. The summed E-state index contributed by atoms with van der Waals surface area (Å²) in [6.07, 6.45) is 0.245.